The molecule has 1 fully saturated rings. The molecule has 2 aromatic rings. The van der Waals surface area contributed by atoms with Gasteiger partial charge in [-0.1, -0.05) is 36.4 Å². The Bertz CT molecular complexity index is 807. The molecule has 1 heterocycles. The standard InChI is InChI=1S/C21H25N3O3.ClH/c1-14(22)16-6-8-17(9-7-16)19-13-23-21(26)24(19)18-10-3-15(4-11-18)5-12-20(25)27-2;/h3-4,6-11,14,19H,5,12-13,22H2,1-2H3,(H,23,26);1H. The molecule has 0 bridgehead atoms. The molecule has 1 aliphatic heterocycles. The number of rotatable bonds is 6. The second-order valence-corrected chi connectivity index (χ2v) is 6.77. The van der Waals surface area contributed by atoms with Crippen LogP contribution in [0.5, 0.6) is 0 Å². The van der Waals surface area contributed by atoms with Crippen molar-refractivity contribution in [3.63, 3.8) is 0 Å². The van der Waals surface area contributed by atoms with E-state index in [0.717, 1.165) is 22.4 Å². The summed E-state index contributed by atoms with van der Waals surface area (Å²) in [5.41, 5.74) is 9.90. The summed E-state index contributed by atoms with van der Waals surface area (Å²) in [5, 5.41) is 2.92. The highest BCUT2D eigenvalue weighted by Crippen LogP contribution is 2.31. The van der Waals surface area contributed by atoms with Gasteiger partial charge in [0.25, 0.3) is 0 Å². The topological polar surface area (TPSA) is 84.7 Å². The molecule has 2 unspecified atom stereocenters. The maximum Gasteiger partial charge on any atom is 0.322 e. The number of anilines is 1. The van der Waals surface area contributed by atoms with Gasteiger partial charge in [0.15, 0.2) is 0 Å². The Morgan fingerprint density at radius 2 is 1.86 bits per heavy atom. The number of benzene rings is 2. The number of nitrogens with two attached hydrogens (primary N) is 1. The third kappa shape index (κ3) is 4.82. The van der Waals surface area contributed by atoms with Gasteiger partial charge < -0.3 is 15.8 Å². The molecule has 0 spiro atoms. The van der Waals surface area contributed by atoms with Crippen LogP contribution in [0.4, 0.5) is 10.5 Å². The van der Waals surface area contributed by atoms with E-state index >= 15 is 0 Å². The van der Waals surface area contributed by atoms with E-state index in [0.29, 0.717) is 19.4 Å². The summed E-state index contributed by atoms with van der Waals surface area (Å²) in [6.45, 7) is 2.50. The van der Waals surface area contributed by atoms with Gasteiger partial charge in [0.2, 0.25) is 0 Å². The zero-order valence-corrected chi connectivity index (χ0v) is 16.9. The first-order valence-corrected chi connectivity index (χ1v) is 9.08. The number of carbonyl (C=O) groups excluding carboxylic acids is 2. The Balaban J connectivity index is 0.00000280. The molecule has 0 saturated carbocycles. The van der Waals surface area contributed by atoms with Crippen molar-refractivity contribution in [3.05, 3.63) is 65.2 Å². The van der Waals surface area contributed by atoms with E-state index in [4.69, 9.17) is 5.73 Å². The van der Waals surface area contributed by atoms with Crippen LogP contribution in [0.1, 0.15) is 42.1 Å². The largest absolute Gasteiger partial charge is 0.469 e. The van der Waals surface area contributed by atoms with E-state index in [1.807, 2.05) is 55.5 Å². The first kappa shape index (κ1) is 21.7. The highest BCUT2D eigenvalue weighted by atomic mass is 35.5. The molecule has 7 heteroatoms. The number of carbonyl (C=O) groups is 2. The van der Waals surface area contributed by atoms with Gasteiger partial charge in [-0.05, 0) is 42.2 Å². The molecule has 1 saturated heterocycles. The molecular weight excluding hydrogens is 378 g/mol. The molecule has 3 rings (SSSR count). The van der Waals surface area contributed by atoms with E-state index < -0.39 is 0 Å². The molecule has 2 atom stereocenters. The van der Waals surface area contributed by atoms with Crippen LogP contribution in [0.25, 0.3) is 0 Å². The second-order valence-electron chi connectivity index (χ2n) is 6.77. The monoisotopic (exact) mass is 403 g/mol. The first-order chi connectivity index (χ1) is 13.0. The summed E-state index contributed by atoms with van der Waals surface area (Å²) in [6.07, 6.45) is 0.954. The molecule has 28 heavy (non-hydrogen) atoms. The molecule has 0 aromatic heterocycles. The summed E-state index contributed by atoms with van der Waals surface area (Å²) in [4.78, 5) is 25.5. The summed E-state index contributed by atoms with van der Waals surface area (Å²) < 4.78 is 4.67. The van der Waals surface area contributed by atoms with Gasteiger partial charge >= 0.3 is 12.0 Å². The SMILES string of the molecule is COC(=O)CCc1ccc(N2C(=O)NCC2c2ccc(C(C)N)cc2)cc1.Cl. The Hall–Kier alpha value is -2.57. The molecular formula is C21H26ClN3O3. The van der Waals surface area contributed by atoms with Gasteiger partial charge in [0, 0.05) is 24.7 Å². The maximum atomic E-state index is 12.4. The van der Waals surface area contributed by atoms with Crippen LogP contribution in [0.3, 0.4) is 0 Å². The molecule has 6 nitrogen and oxygen atoms in total. The minimum atomic E-state index is -0.228. The van der Waals surface area contributed by atoms with Crippen molar-refractivity contribution in [2.24, 2.45) is 5.73 Å². The molecule has 150 valence electrons. The van der Waals surface area contributed by atoms with Gasteiger partial charge in [-0.15, -0.1) is 12.4 Å². The van der Waals surface area contributed by atoms with Crippen LogP contribution < -0.4 is 16.0 Å². The lowest BCUT2D eigenvalue weighted by molar-refractivity contribution is -0.140. The van der Waals surface area contributed by atoms with Gasteiger partial charge in [0.05, 0.1) is 13.2 Å². The number of aryl methyl sites for hydroxylation is 1. The smallest absolute Gasteiger partial charge is 0.322 e. The molecule has 2 aromatic carbocycles. The minimum Gasteiger partial charge on any atom is -0.469 e. The highest BCUT2D eigenvalue weighted by Gasteiger charge is 2.33. The fourth-order valence-corrected chi connectivity index (χ4v) is 3.26. The lowest BCUT2D eigenvalue weighted by Crippen LogP contribution is -2.29. The fraction of sp³-hybridized carbons (Fsp3) is 0.333. The average Bonchev–Trinajstić information content (AvgIpc) is 3.08. The molecule has 1 aliphatic rings. The van der Waals surface area contributed by atoms with Crippen molar-refractivity contribution < 1.29 is 14.3 Å². The van der Waals surface area contributed by atoms with Crippen molar-refractivity contribution in [2.75, 3.05) is 18.6 Å². The summed E-state index contributed by atoms with van der Waals surface area (Å²) in [7, 11) is 1.39. The zero-order valence-electron chi connectivity index (χ0n) is 16.1. The number of ether oxygens (including phenoxy) is 1. The number of methoxy groups -OCH3 is 1. The van der Waals surface area contributed by atoms with Crippen molar-refractivity contribution in [1.29, 1.82) is 0 Å². The zero-order chi connectivity index (χ0) is 19.4. The molecule has 0 radical (unpaired) electrons. The lowest BCUT2D eigenvalue weighted by Gasteiger charge is -2.24. The third-order valence-electron chi connectivity index (χ3n) is 4.88. The fourth-order valence-electron chi connectivity index (χ4n) is 3.26. The summed E-state index contributed by atoms with van der Waals surface area (Å²) in [5.74, 6) is -0.228. The normalized spacial score (nSPS) is 16.9. The minimum absolute atomic E-state index is 0. The third-order valence-corrected chi connectivity index (χ3v) is 4.88. The number of urea groups is 1. The molecule has 0 aliphatic carbocycles. The number of nitrogens with one attached hydrogen (secondary N) is 1. The predicted molar refractivity (Wildman–Crippen MR) is 112 cm³/mol. The number of hydrogen-bond acceptors (Lipinski definition) is 4. The van der Waals surface area contributed by atoms with Gasteiger partial charge in [-0.3, -0.25) is 9.69 Å². The van der Waals surface area contributed by atoms with Gasteiger partial charge in [-0.25, -0.2) is 4.79 Å². The lowest BCUT2D eigenvalue weighted by atomic mass is 10.0. The van der Waals surface area contributed by atoms with Crippen LogP contribution in [-0.2, 0) is 16.0 Å². The Morgan fingerprint density at radius 3 is 2.43 bits per heavy atom. The van der Waals surface area contributed by atoms with E-state index in [1.165, 1.54) is 7.11 Å². The van der Waals surface area contributed by atoms with Crippen molar-refractivity contribution in [3.8, 4) is 0 Å². The Labute approximate surface area is 171 Å². The molecule has 2 amide bonds. The number of halogens is 1. The van der Waals surface area contributed by atoms with Crippen molar-refractivity contribution in [1.82, 2.24) is 5.32 Å². The number of esters is 1. The number of amides is 2. The van der Waals surface area contributed by atoms with E-state index in [2.05, 4.69) is 10.1 Å². The van der Waals surface area contributed by atoms with Gasteiger partial charge in [-0.2, -0.15) is 0 Å². The van der Waals surface area contributed by atoms with E-state index in [9.17, 15) is 9.59 Å². The van der Waals surface area contributed by atoms with Crippen LogP contribution in [0, 0.1) is 0 Å². The highest BCUT2D eigenvalue weighted by molar-refractivity contribution is 5.95. The van der Waals surface area contributed by atoms with E-state index in [1.54, 1.807) is 4.90 Å². The van der Waals surface area contributed by atoms with E-state index in [-0.39, 0.29) is 36.5 Å². The quantitative estimate of drug-likeness (QED) is 0.723. The first-order valence-electron chi connectivity index (χ1n) is 9.08. The maximum absolute atomic E-state index is 12.4. The van der Waals surface area contributed by atoms with Crippen LogP contribution in [0.15, 0.2) is 48.5 Å². The van der Waals surface area contributed by atoms with Crippen LogP contribution in [0.2, 0.25) is 0 Å². The predicted octanol–water partition coefficient (Wildman–Crippen LogP) is 3.50. The van der Waals surface area contributed by atoms with Crippen molar-refractivity contribution >= 4 is 30.1 Å². The summed E-state index contributed by atoms with van der Waals surface area (Å²) >= 11 is 0. The molecule has 3 N–H and O–H groups in total. The Kier molecular flexibility index (Phi) is 7.43. The second kappa shape index (κ2) is 9.57. The van der Waals surface area contributed by atoms with Gasteiger partial charge in [0.1, 0.15) is 0 Å². The van der Waals surface area contributed by atoms with Crippen molar-refractivity contribution in [2.45, 2.75) is 31.8 Å². The van der Waals surface area contributed by atoms with Crippen LogP contribution in [-0.4, -0.2) is 25.7 Å². The summed E-state index contributed by atoms with van der Waals surface area (Å²) in [6, 6.07) is 15.6. The average molecular weight is 404 g/mol. The number of nitrogens with zero attached hydrogens (tertiary/aromatic N) is 1. The van der Waals surface area contributed by atoms with Crippen LogP contribution >= 0.6 is 12.4 Å². The Morgan fingerprint density at radius 1 is 1.21 bits per heavy atom. The number of hydrogen-bond donors (Lipinski definition) is 2.